The average molecular weight is 306 g/mol. The standard InChI is InChI=1S/C12H26N4O3S/c1-12(2,3)13-10-11(17)15-6-8-16(9-7-15)20(18,19)14(4)5/h13H,6-10H2,1-5H3. The van der Waals surface area contributed by atoms with Gasteiger partial charge < -0.3 is 10.2 Å². The Kier molecular flexibility index (Phi) is 5.54. The van der Waals surface area contributed by atoms with Crippen LogP contribution in [0.5, 0.6) is 0 Å². The van der Waals surface area contributed by atoms with Gasteiger partial charge in [0.2, 0.25) is 5.91 Å². The number of nitrogens with one attached hydrogen (secondary N) is 1. The molecule has 7 nitrogen and oxygen atoms in total. The second kappa shape index (κ2) is 6.38. The molecule has 20 heavy (non-hydrogen) atoms. The summed E-state index contributed by atoms with van der Waals surface area (Å²) in [6, 6.07) is 0. The molecule has 1 aliphatic heterocycles. The summed E-state index contributed by atoms with van der Waals surface area (Å²) in [5.74, 6) is 0.0156. The highest BCUT2D eigenvalue weighted by atomic mass is 32.2. The van der Waals surface area contributed by atoms with Gasteiger partial charge in [-0.15, -0.1) is 0 Å². The van der Waals surface area contributed by atoms with E-state index < -0.39 is 10.2 Å². The van der Waals surface area contributed by atoms with Crippen LogP contribution in [-0.4, -0.2) is 80.2 Å². The molecule has 1 N–H and O–H groups in total. The Labute approximate surface area is 122 Å². The number of piperazine rings is 1. The Bertz CT molecular complexity index is 434. The number of hydrogen-bond donors (Lipinski definition) is 1. The number of carbonyl (C=O) groups excluding carboxylic acids is 1. The van der Waals surface area contributed by atoms with Crippen molar-refractivity contribution in [3.63, 3.8) is 0 Å². The van der Waals surface area contributed by atoms with Gasteiger partial charge >= 0.3 is 0 Å². The van der Waals surface area contributed by atoms with E-state index in [2.05, 4.69) is 5.32 Å². The van der Waals surface area contributed by atoms with Crippen molar-refractivity contribution < 1.29 is 13.2 Å². The van der Waals surface area contributed by atoms with Crippen LogP contribution in [0.25, 0.3) is 0 Å². The van der Waals surface area contributed by atoms with Crippen LogP contribution in [0.4, 0.5) is 0 Å². The highest BCUT2D eigenvalue weighted by Crippen LogP contribution is 2.10. The second-order valence-electron chi connectivity index (χ2n) is 6.17. The molecule has 0 spiro atoms. The molecule has 0 bridgehead atoms. The van der Waals surface area contributed by atoms with Gasteiger partial charge in [0.05, 0.1) is 6.54 Å². The lowest BCUT2D eigenvalue weighted by Gasteiger charge is -2.35. The fraction of sp³-hybridized carbons (Fsp3) is 0.917. The maximum atomic E-state index is 12.0. The molecule has 0 aromatic heterocycles. The Morgan fingerprint density at radius 3 is 2.05 bits per heavy atom. The van der Waals surface area contributed by atoms with E-state index in [-0.39, 0.29) is 18.0 Å². The molecule has 1 saturated heterocycles. The highest BCUT2D eigenvalue weighted by molar-refractivity contribution is 7.86. The summed E-state index contributed by atoms with van der Waals surface area (Å²) in [4.78, 5) is 13.7. The zero-order valence-corrected chi connectivity index (χ0v) is 13.8. The molecule has 118 valence electrons. The molecule has 0 atom stereocenters. The van der Waals surface area contributed by atoms with Gasteiger partial charge in [-0.1, -0.05) is 0 Å². The summed E-state index contributed by atoms with van der Waals surface area (Å²) in [6.45, 7) is 7.87. The van der Waals surface area contributed by atoms with Gasteiger partial charge in [-0.25, -0.2) is 0 Å². The Morgan fingerprint density at radius 2 is 1.65 bits per heavy atom. The third-order valence-corrected chi connectivity index (χ3v) is 5.09. The van der Waals surface area contributed by atoms with Crippen molar-refractivity contribution in [1.82, 2.24) is 18.8 Å². The van der Waals surface area contributed by atoms with E-state index in [0.29, 0.717) is 26.2 Å². The monoisotopic (exact) mass is 306 g/mol. The summed E-state index contributed by atoms with van der Waals surface area (Å²) >= 11 is 0. The van der Waals surface area contributed by atoms with Crippen LogP contribution in [0.2, 0.25) is 0 Å². The van der Waals surface area contributed by atoms with Gasteiger partial charge in [0.15, 0.2) is 0 Å². The molecule has 1 rings (SSSR count). The van der Waals surface area contributed by atoms with Gasteiger partial charge in [-0.2, -0.15) is 17.0 Å². The summed E-state index contributed by atoms with van der Waals surface area (Å²) in [5.41, 5.74) is -0.105. The summed E-state index contributed by atoms with van der Waals surface area (Å²) in [7, 11) is -0.344. The number of hydrogen-bond acceptors (Lipinski definition) is 4. The Hall–Kier alpha value is -0.700. The van der Waals surface area contributed by atoms with Crippen molar-refractivity contribution >= 4 is 16.1 Å². The van der Waals surface area contributed by atoms with Crippen LogP contribution >= 0.6 is 0 Å². The first-order valence-electron chi connectivity index (χ1n) is 6.74. The van der Waals surface area contributed by atoms with E-state index in [1.807, 2.05) is 20.8 Å². The van der Waals surface area contributed by atoms with E-state index in [4.69, 9.17) is 0 Å². The largest absolute Gasteiger partial charge is 0.339 e. The number of rotatable bonds is 4. The predicted molar refractivity (Wildman–Crippen MR) is 78.5 cm³/mol. The third kappa shape index (κ3) is 4.69. The van der Waals surface area contributed by atoms with Crippen LogP contribution in [0.3, 0.4) is 0 Å². The Morgan fingerprint density at radius 1 is 1.15 bits per heavy atom. The minimum atomic E-state index is -3.37. The highest BCUT2D eigenvalue weighted by Gasteiger charge is 2.30. The zero-order chi connectivity index (χ0) is 15.6. The van der Waals surface area contributed by atoms with Gasteiger partial charge in [0.1, 0.15) is 0 Å². The lowest BCUT2D eigenvalue weighted by Crippen LogP contribution is -2.55. The average Bonchev–Trinajstić information content (AvgIpc) is 2.35. The fourth-order valence-corrected chi connectivity index (χ4v) is 2.94. The van der Waals surface area contributed by atoms with Crippen LogP contribution in [0.1, 0.15) is 20.8 Å². The smallest absolute Gasteiger partial charge is 0.281 e. The molecule has 1 heterocycles. The maximum absolute atomic E-state index is 12.0. The van der Waals surface area contributed by atoms with Gasteiger partial charge in [0.25, 0.3) is 10.2 Å². The van der Waals surface area contributed by atoms with Gasteiger partial charge in [0, 0.05) is 45.8 Å². The minimum Gasteiger partial charge on any atom is -0.339 e. The van der Waals surface area contributed by atoms with E-state index in [0.717, 1.165) is 0 Å². The first-order chi connectivity index (χ1) is 9.04. The van der Waals surface area contributed by atoms with E-state index >= 15 is 0 Å². The van der Waals surface area contributed by atoms with Crippen LogP contribution in [0.15, 0.2) is 0 Å². The molecule has 0 aliphatic carbocycles. The lowest BCUT2D eigenvalue weighted by atomic mass is 10.1. The Balaban J connectivity index is 2.49. The van der Waals surface area contributed by atoms with Crippen molar-refractivity contribution in [3.05, 3.63) is 0 Å². The summed E-state index contributed by atoms with van der Waals surface area (Å²) in [6.07, 6.45) is 0. The van der Waals surface area contributed by atoms with Crippen molar-refractivity contribution in [3.8, 4) is 0 Å². The lowest BCUT2D eigenvalue weighted by molar-refractivity contribution is -0.131. The van der Waals surface area contributed by atoms with Crippen LogP contribution < -0.4 is 5.32 Å². The van der Waals surface area contributed by atoms with E-state index in [9.17, 15) is 13.2 Å². The molecule has 0 saturated carbocycles. The van der Waals surface area contributed by atoms with Crippen molar-refractivity contribution in [2.45, 2.75) is 26.3 Å². The summed E-state index contributed by atoms with van der Waals surface area (Å²) in [5, 5.41) is 3.15. The van der Waals surface area contributed by atoms with Crippen molar-refractivity contribution in [2.24, 2.45) is 0 Å². The molecule has 0 unspecified atom stereocenters. The number of amides is 1. The van der Waals surface area contributed by atoms with Crippen molar-refractivity contribution in [2.75, 3.05) is 46.8 Å². The second-order valence-corrected chi connectivity index (χ2v) is 8.32. The molecule has 0 aromatic carbocycles. The summed E-state index contributed by atoms with van der Waals surface area (Å²) < 4.78 is 26.5. The maximum Gasteiger partial charge on any atom is 0.281 e. The minimum absolute atomic E-state index is 0.0156. The molecule has 8 heteroatoms. The zero-order valence-electron chi connectivity index (χ0n) is 13.0. The topological polar surface area (TPSA) is 73.0 Å². The van der Waals surface area contributed by atoms with Crippen molar-refractivity contribution in [1.29, 1.82) is 0 Å². The third-order valence-electron chi connectivity index (χ3n) is 3.15. The molecule has 1 amide bonds. The quantitative estimate of drug-likeness (QED) is 0.747. The fourth-order valence-electron chi connectivity index (χ4n) is 1.85. The first kappa shape index (κ1) is 17.4. The predicted octanol–water partition coefficient (Wildman–Crippen LogP) is -0.675. The van der Waals surface area contributed by atoms with E-state index in [1.165, 1.54) is 22.7 Å². The molecular weight excluding hydrogens is 280 g/mol. The molecule has 0 aromatic rings. The van der Waals surface area contributed by atoms with Crippen LogP contribution in [0, 0.1) is 0 Å². The number of nitrogens with zero attached hydrogens (tertiary/aromatic N) is 3. The number of carbonyl (C=O) groups is 1. The molecule has 1 fully saturated rings. The van der Waals surface area contributed by atoms with Crippen LogP contribution in [-0.2, 0) is 15.0 Å². The van der Waals surface area contributed by atoms with Gasteiger partial charge in [-0.05, 0) is 20.8 Å². The molecular formula is C12H26N4O3S. The van der Waals surface area contributed by atoms with E-state index in [1.54, 1.807) is 4.90 Å². The molecule has 0 radical (unpaired) electrons. The van der Waals surface area contributed by atoms with Gasteiger partial charge in [-0.3, -0.25) is 4.79 Å². The first-order valence-corrected chi connectivity index (χ1v) is 8.14. The normalized spacial score (nSPS) is 18.6. The SMILES string of the molecule is CN(C)S(=O)(=O)N1CCN(C(=O)CNC(C)(C)C)CC1. The molecule has 1 aliphatic rings.